The summed E-state index contributed by atoms with van der Waals surface area (Å²) in [4.78, 5) is 12.6. The van der Waals surface area contributed by atoms with Crippen molar-refractivity contribution in [2.75, 3.05) is 13.7 Å². The van der Waals surface area contributed by atoms with Gasteiger partial charge in [-0.1, -0.05) is 56.7 Å². The monoisotopic (exact) mass is 446 g/mol. The maximum absolute atomic E-state index is 12.6. The van der Waals surface area contributed by atoms with Crippen LogP contribution < -0.4 is 0 Å². The number of rotatable bonds is 4. The van der Waals surface area contributed by atoms with Gasteiger partial charge in [-0.25, -0.2) is 4.79 Å². The fourth-order valence-corrected chi connectivity index (χ4v) is 3.80. The number of aliphatic hydroxyl groups is 2. The average molecular weight is 447 g/mol. The third kappa shape index (κ3) is 8.89. The molecule has 0 fully saturated rings. The van der Waals surface area contributed by atoms with Gasteiger partial charge in [0.2, 0.25) is 0 Å². The van der Waals surface area contributed by atoms with Gasteiger partial charge in [0.15, 0.2) is 0 Å². The van der Waals surface area contributed by atoms with Gasteiger partial charge in [-0.3, -0.25) is 0 Å². The highest BCUT2D eigenvalue weighted by Gasteiger charge is 2.22. The molecule has 0 bridgehead atoms. The van der Waals surface area contributed by atoms with E-state index in [1.807, 2.05) is 27.7 Å². The van der Waals surface area contributed by atoms with Crippen LogP contribution in [0.4, 0.5) is 0 Å². The highest BCUT2D eigenvalue weighted by Crippen LogP contribution is 2.25. The minimum Gasteiger partial charge on any atom is -0.458 e. The second-order valence-corrected chi connectivity index (χ2v) is 8.93. The quantitative estimate of drug-likeness (QED) is 0.466. The molecule has 5 nitrogen and oxygen atoms in total. The Morgan fingerprint density at radius 3 is 2.44 bits per heavy atom. The summed E-state index contributed by atoms with van der Waals surface area (Å²) in [6, 6.07) is 0. The summed E-state index contributed by atoms with van der Waals surface area (Å²) in [7, 11) is 1.72. The largest absolute Gasteiger partial charge is 0.458 e. The van der Waals surface area contributed by atoms with E-state index in [1.165, 1.54) is 0 Å². The molecule has 0 aromatic carbocycles. The molecule has 0 amide bonds. The normalized spacial score (nSPS) is 34.5. The summed E-state index contributed by atoms with van der Waals surface area (Å²) in [6.45, 7) is 11.8. The van der Waals surface area contributed by atoms with Crippen molar-refractivity contribution in [3.63, 3.8) is 0 Å². The molecule has 0 radical (unpaired) electrons. The Bertz CT molecular complexity index is 754. The lowest BCUT2D eigenvalue weighted by Crippen LogP contribution is -2.25. The fourth-order valence-electron chi connectivity index (χ4n) is 3.80. The van der Waals surface area contributed by atoms with Crippen LogP contribution in [-0.4, -0.2) is 48.2 Å². The first-order chi connectivity index (χ1) is 15.1. The number of allylic oxidation sites excluding steroid dienone is 4. The number of hydrogen-bond donors (Lipinski definition) is 2. The summed E-state index contributed by atoms with van der Waals surface area (Å²) in [6.07, 6.45) is 12.2. The molecule has 0 aromatic rings. The number of hydrogen-bond acceptors (Lipinski definition) is 5. The molecular formula is C27H42O5. The number of ether oxygens (including phenoxy) is 2. The molecule has 0 saturated heterocycles. The molecule has 1 aliphatic heterocycles. The molecule has 0 spiro atoms. The van der Waals surface area contributed by atoms with Gasteiger partial charge in [0.05, 0.1) is 24.4 Å². The van der Waals surface area contributed by atoms with E-state index in [0.29, 0.717) is 12.8 Å². The standard InChI is InChI=1S/C27H42O5/c1-8-22-16-20(5)24(29)12-10-9-11-23(17-28)27(30)32-25(18(2)3)14-13-19(4)15-21(6)26(22)31-7/h9-11,13,15-16,18,22,24-26,28-29H,8,12,14,17H2,1-7H3/b10-9+,19-13+,20-16-,21-15+,23-11+/t22-,24+,25+,26-/m1/s1. The Kier molecular flexibility index (Phi) is 12.5. The molecule has 4 atom stereocenters. The number of carbonyl (C=O) groups excluding carboxylic acids is 1. The lowest BCUT2D eigenvalue weighted by Gasteiger charge is -2.25. The lowest BCUT2D eigenvalue weighted by molar-refractivity contribution is -0.146. The van der Waals surface area contributed by atoms with Gasteiger partial charge in [-0.15, -0.1) is 0 Å². The van der Waals surface area contributed by atoms with E-state index in [9.17, 15) is 15.0 Å². The Hall–Kier alpha value is -1.95. The minimum absolute atomic E-state index is 0.0892. The molecule has 0 aromatic heterocycles. The molecule has 32 heavy (non-hydrogen) atoms. The van der Waals surface area contributed by atoms with Gasteiger partial charge in [0.25, 0.3) is 0 Å². The van der Waals surface area contributed by atoms with Crippen LogP contribution in [0.5, 0.6) is 0 Å². The van der Waals surface area contributed by atoms with E-state index in [-0.39, 0.29) is 29.6 Å². The first-order valence-electron chi connectivity index (χ1n) is 11.6. The zero-order valence-corrected chi connectivity index (χ0v) is 20.8. The SMILES string of the molecule is CC[C@@H]1/C=C(/C)[C@@H](O)C/C=C/C=C(\CO)C(=O)O[C@H](C(C)C)C/C=C(C)/C=C(\C)[C@H]1OC. The maximum Gasteiger partial charge on any atom is 0.336 e. The van der Waals surface area contributed by atoms with Crippen LogP contribution in [0.3, 0.4) is 0 Å². The maximum atomic E-state index is 12.6. The molecule has 0 saturated carbocycles. The van der Waals surface area contributed by atoms with Crippen molar-refractivity contribution in [2.45, 2.75) is 79.1 Å². The Balaban J connectivity index is 3.41. The van der Waals surface area contributed by atoms with E-state index in [1.54, 1.807) is 25.3 Å². The highest BCUT2D eigenvalue weighted by atomic mass is 16.5. The van der Waals surface area contributed by atoms with Gasteiger partial charge in [-0.05, 0) is 56.8 Å². The molecular weight excluding hydrogens is 404 g/mol. The zero-order valence-electron chi connectivity index (χ0n) is 20.8. The summed E-state index contributed by atoms with van der Waals surface area (Å²) < 4.78 is 11.5. The molecule has 0 aliphatic carbocycles. The third-order valence-corrected chi connectivity index (χ3v) is 5.92. The molecule has 0 unspecified atom stereocenters. The molecule has 5 heteroatoms. The van der Waals surface area contributed by atoms with Gasteiger partial charge in [-0.2, -0.15) is 0 Å². The third-order valence-electron chi connectivity index (χ3n) is 5.92. The Labute approximate surface area is 194 Å². The van der Waals surface area contributed by atoms with Crippen LogP contribution in [0.25, 0.3) is 0 Å². The van der Waals surface area contributed by atoms with Crippen LogP contribution in [-0.2, 0) is 14.3 Å². The van der Waals surface area contributed by atoms with Crippen LogP contribution in [0, 0.1) is 11.8 Å². The number of carbonyl (C=O) groups is 1. The second kappa shape index (κ2) is 14.2. The minimum atomic E-state index is -0.633. The highest BCUT2D eigenvalue weighted by molar-refractivity contribution is 5.89. The van der Waals surface area contributed by atoms with Crippen molar-refractivity contribution in [1.29, 1.82) is 0 Å². The van der Waals surface area contributed by atoms with Crippen molar-refractivity contribution < 1.29 is 24.5 Å². The zero-order chi connectivity index (χ0) is 24.3. The molecule has 1 heterocycles. The average Bonchev–Trinajstić information content (AvgIpc) is 2.74. The van der Waals surface area contributed by atoms with Crippen molar-refractivity contribution >= 4 is 5.97 Å². The van der Waals surface area contributed by atoms with Crippen molar-refractivity contribution in [2.24, 2.45) is 11.8 Å². The summed E-state index contributed by atoms with van der Waals surface area (Å²) in [5, 5.41) is 20.2. The van der Waals surface area contributed by atoms with Crippen LogP contribution >= 0.6 is 0 Å². The van der Waals surface area contributed by atoms with Crippen LogP contribution in [0.2, 0.25) is 0 Å². The number of methoxy groups -OCH3 is 1. The molecule has 2 N–H and O–H groups in total. The fraction of sp³-hybridized carbons (Fsp3) is 0.593. The number of cyclic esters (lactones) is 1. The molecule has 1 rings (SSSR count). The Morgan fingerprint density at radius 1 is 1.19 bits per heavy atom. The van der Waals surface area contributed by atoms with Gasteiger partial charge >= 0.3 is 5.97 Å². The van der Waals surface area contributed by atoms with E-state index in [4.69, 9.17) is 9.47 Å². The number of esters is 1. The van der Waals surface area contributed by atoms with E-state index in [2.05, 4.69) is 32.1 Å². The number of aliphatic hydroxyl groups excluding tert-OH is 2. The van der Waals surface area contributed by atoms with Crippen LogP contribution in [0.1, 0.15) is 60.8 Å². The Morgan fingerprint density at radius 2 is 1.88 bits per heavy atom. The van der Waals surface area contributed by atoms with Gasteiger partial charge in [0, 0.05) is 19.4 Å². The summed E-state index contributed by atoms with van der Waals surface area (Å²) >= 11 is 0. The predicted octanol–water partition coefficient (Wildman–Crippen LogP) is 5.06. The van der Waals surface area contributed by atoms with Gasteiger partial charge in [0.1, 0.15) is 6.10 Å². The second-order valence-electron chi connectivity index (χ2n) is 8.93. The van der Waals surface area contributed by atoms with Crippen molar-refractivity contribution in [1.82, 2.24) is 0 Å². The van der Waals surface area contributed by atoms with Crippen LogP contribution in [0.15, 0.2) is 58.7 Å². The first kappa shape index (κ1) is 28.1. The van der Waals surface area contributed by atoms with E-state index >= 15 is 0 Å². The van der Waals surface area contributed by atoms with Crippen molar-refractivity contribution in [3.05, 3.63) is 58.7 Å². The van der Waals surface area contributed by atoms with Crippen molar-refractivity contribution in [3.8, 4) is 0 Å². The lowest BCUT2D eigenvalue weighted by atomic mass is 9.89. The van der Waals surface area contributed by atoms with Gasteiger partial charge < -0.3 is 19.7 Å². The first-order valence-corrected chi connectivity index (χ1v) is 11.6. The molecule has 1 aliphatic rings. The smallest absolute Gasteiger partial charge is 0.336 e. The molecule has 180 valence electrons. The predicted molar refractivity (Wildman–Crippen MR) is 130 cm³/mol. The topological polar surface area (TPSA) is 76.0 Å². The summed E-state index contributed by atoms with van der Waals surface area (Å²) in [5.74, 6) is -0.239. The summed E-state index contributed by atoms with van der Waals surface area (Å²) in [5.41, 5.74) is 3.26. The van der Waals surface area contributed by atoms with E-state index < -0.39 is 18.7 Å². The van der Waals surface area contributed by atoms with E-state index in [0.717, 1.165) is 23.1 Å².